The zero-order chi connectivity index (χ0) is 11.8. The zero-order valence-corrected chi connectivity index (χ0v) is 11.0. The fourth-order valence-corrected chi connectivity index (χ4v) is 2.31. The molecule has 0 unspecified atom stereocenters. The maximum atomic E-state index is 11.8. The number of alkyl halides is 2. The Morgan fingerprint density at radius 2 is 1.69 bits per heavy atom. The van der Waals surface area contributed by atoms with Gasteiger partial charge >= 0.3 is 5.97 Å². The fourth-order valence-electron chi connectivity index (χ4n) is 1.93. The summed E-state index contributed by atoms with van der Waals surface area (Å²) in [6.07, 6.45) is 5.40. The summed E-state index contributed by atoms with van der Waals surface area (Å²) in [7, 11) is 0. The van der Waals surface area contributed by atoms with Gasteiger partial charge in [0.2, 0.25) is 0 Å². The molecule has 0 aromatic heterocycles. The molecule has 3 nitrogen and oxygen atoms in total. The van der Waals surface area contributed by atoms with Crippen molar-refractivity contribution in [1.29, 1.82) is 0 Å². The second-order valence-electron chi connectivity index (χ2n) is 4.05. The molecular weight excluding hydrogens is 249 g/mol. The van der Waals surface area contributed by atoms with Crippen molar-refractivity contribution in [1.82, 2.24) is 5.06 Å². The van der Waals surface area contributed by atoms with E-state index < -0.39 is 0 Å². The number of hydrogen-bond acceptors (Lipinski definition) is 3. The molecule has 0 bridgehead atoms. The molecule has 5 heteroatoms. The number of rotatable bonds is 6. The minimum absolute atomic E-state index is 0.0712. The third-order valence-electron chi connectivity index (χ3n) is 2.83. The van der Waals surface area contributed by atoms with Crippen molar-refractivity contribution in [3.8, 4) is 0 Å². The van der Waals surface area contributed by atoms with E-state index in [1.54, 1.807) is 5.06 Å². The van der Waals surface area contributed by atoms with Crippen molar-refractivity contribution >= 4 is 29.2 Å². The first kappa shape index (κ1) is 14.1. The van der Waals surface area contributed by atoms with E-state index in [9.17, 15) is 4.79 Å². The van der Waals surface area contributed by atoms with Crippen molar-refractivity contribution in [2.45, 2.75) is 32.1 Å². The third-order valence-corrected chi connectivity index (χ3v) is 3.16. The average Bonchev–Trinajstić information content (AvgIpc) is 2.31. The zero-order valence-electron chi connectivity index (χ0n) is 9.46. The Morgan fingerprint density at radius 3 is 2.19 bits per heavy atom. The maximum absolute atomic E-state index is 11.8. The second-order valence-corrected chi connectivity index (χ2v) is 4.81. The van der Waals surface area contributed by atoms with E-state index in [4.69, 9.17) is 28.0 Å². The van der Waals surface area contributed by atoms with Crippen LogP contribution in [-0.4, -0.2) is 35.9 Å². The largest absolute Gasteiger partial charge is 0.368 e. The first-order valence-corrected chi connectivity index (χ1v) is 6.93. The van der Waals surface area contributed by atoms with Gasteiger partial charge < -0.3 is 4.84 Å². The minimum atomic E-state index is -0.116. The highest BCUT2D eigenvalue weighted by Crippen LogP contribution is 2.24. The first-order chi connectivity index (χ1) is 7.77. The van der Waals surface area contributed by atoms with E-state index in [-0.39, 0.29) is 11.9 Å². The number of halogens is 2. The van der Waals surface area contributed by atoms with E-state index >= 15 is 0 Å². The summed E-state index contributed by atoms with van der Waals surface area (Å²) in [5.41, 5.74) is 0. The topological polar surface area (TPSA) is 29.5 Å². The molecule has 0 heterocycles. The third kappa shape index (κ3) is 4.89. The van der Waals surface area contributed by atoms with Crippen LogP contribution in [0.3, 0.4) is 0 Å². The van der Waals surface area contributed by atoms with Crippen molar-refractivity contribution in [3.63, 3.8) is 0 Å². The number of nitrogens with zero attached hydrogens (tertiary/aromatic N) is 1. The van der Waals surface area contributed by atoms with Gasteiger partial charge in [-0.1, -0.05) is 19.3 Å². The van der Waals surface area contributed by atoms with Gasteiger partial charge in [0.1, 0.15) is 0 Å². The van der Waals surface area contributed by atoms with E-state index in [1.165, 1.54) is 6.42 Å². The molecule has 0 radical (unpaired) electrons. The molecule has 0 aromatic rings. The summed E-state index contributed by atoms with van der Waals surface area (Å²) in [6, 6.07) is 0. The molecule has 1 aliphatic rings. The lowest BCUT2D eigenvalue weighted by molar-refractivity contribution is -0.194. The van der Waals surface area contributed by atoms with Gasteiger partial charge in [0, 0.05) is 24.8 Å². The van der Waals surface area contributed by atoms with Gasteiger partial charge in [0.05, 0.1) is 5.92 Å². The predicted molar refractivity (Wildman–Crippen MR) is 65.7 cm³/mol. The molecule has 0 saturated heterocycles. The first-order valence-electron chi connectivity index (χ1n) is 5.86. The quantitative estimate of drug-likeness (QED) is 0.548. The van der Waals surface area contributed by atoms with Crippen LogP contribution in [0.4, 0.5) is 0 Å². The molecule has 1 fully saturated rings. The lowest BCUT2D eigenvalue weighted by Gasteiger charge is -2.24. The lowest BCUT2D eigenvalue weighted by Crippen LogP contribution is -2.34. The second kappa shape index (κ2) is 8.15. The molecule has 1 rings (SSSR count). The molecule has 0 amide bonds. The normalized spacial score (nSPS) is 17.7. The van der Waals surface area contributed by atoms with Crippen LogP contribution in [0.25, 0.3) is 0 Å². The Morgan fingerprint density at radius 1 is 1.12 bits per heavy atom. The van der Waals surface area contributed by atoms with E-state index in [0.29, 0.717) is 24.8 Å². The van der Waals surface area contributed by atoms with Crippen LogP contribution in [-0.2, 0) is 9.63 Å². The Kier molecular flexibility index (Phi) is 7.17. The molecule has 0 aliphatic heterocycles. The van der Waals surface area contributed by atoms with Gasteiger partial charge in [0.25, 0.3) is 0 Å². The minimum Gasteiger partial charge on any atom is -0.368 e. The Balaban J connectivity index is 2.33. The van der Waals surface area contributed by atoms with Gasteiger partial charge in [-0.05, 0) is 12.8 Å². The molecule has 1 saturated carbocycles. The smallest absolute Gasteiger partial charge is 0.328 e. The molecule has 16 heavy (non-hydrogen) atoms. The van der Waals surface area contributed by atoms with Gasteiger partial charge in [-0.2, -0.15) is 0 Å². The van der Waals surface area contributed by atoms with Crippen molar-refractivity contribution in [2.75, 3.05) is 24.8 Å². The summed E-state index contributed by atoms with van der Waals surface area (Å²) in [4.78, 5) is 17.1. The summed E-state index contributed by atoms with van der Waals surface area (Å²) in [6.45, 7) is 1.07. The van der Waals surface area contributed by atoms with Crippen molar-refractivity contribution in [2.24, 2.45) is 5.92 Å². The van der Waals surface area contributed by atoms with Crippen LogP contribution < -0.4 is 0 Å². The van der Waals surface area contributed by atoms with Crippen molar-refractivity contribution < 1.29 is 9.63 Å². The molecular formula is C11H19Cl2NO2. The van der Waals surface area contributed by atoms with Crippen LogP contribution in [0.5, 0.6) is 0 Å². The van der Waals surface area contributed by atoms with Crippen LogP contribution in [0.1, 0.15) is 32.1 Å². The van der Waals surface area contributed by atoms with E-state index in [0.717, 1.165) is 25.7 Å². The van der Waals surface area contributed by atoms with Gasteiger partial charge in [-0.3, -0.25) is 4.79 Å². The standard InChI is InChI=1S/C11H19Cl2NO2/c12-6-8-14(9-7-13)16-11(15)10-4-2-1-3-5-10/h10H,1-9H2. The molecule has 0 N–H and O–H groups in total. The highest BCUT2D eigenvalue weighted by Gasteiger charge is 2.24. The van der Waals surface area contributed by atoms with Crippen LogP contribution in [0, 0.1) is 5.92 Å². The molecule has 1 aliphatic carbocycles. The SMILES string of the molecule is O=C(ON(CCCl)CCCl)C1CCCCC1. The summed E-state index contributed by atoms with van der Waals surface area (Å²) < 4.78 is 0. The summed E-state index contributed by atoms with van der Waals surface area (Å²) >= 11 is 11.3. The monoisotopic (exact) mass is 267 g/mol. The van der Waals surface area contributed by atoms with Crippen molar-refractivity contribution in [3.05, 3.63) is 0 Å². The highest BCUT2D eigenvalue weighted by molar-refractivity contribution is 6.18. The van der Waals surface area contributed by atoms with E-state index in [1.807, 2.05) is 0 Å². The molecule has 94 valence electrons. The van der Waals surface area contributed by atoms with Gasteiger partial charge in [0.15, 0.2) is 0 Å². The molecule has 0 aromatic carbocycles. The van der Waals surface area contributed by atoms with Gasteiger partial charge in [-0.25, -0.2) is 0 Å². The van der Waals surface area contributed by atoms with Gasteiger partial charge in [-0.15, -0.1) is 28.3 Å². The van der Waals surface area contributed by atoms with Crippen LogP contribution in [0.15, 0.2) is 0 Å². The van der Waals surface area contributed by atoms with Crippen LogP contribution >= 0.6 is 23.2 Å². The fraction of sp³-hybridized carbons (Fsp3) is 0.909. The number of hydroxylamine groups is 2. The number of carbonyl (C=O) groups is 1. The Hall–Kier alpha value is 0.01000. The molecule has 0 spiro atoms. The van der Waals surface area contributed by atoms with E-state index in [2.05, 4.69) is 0 Å². The molecule has 0 atom stereocenters. The number of carbonyl (C=O) groups excluding carboxylic acids is 1. The Bertz CT molecular complexity index is 202. The summed E-state index contributed by atoms with van der Waals surface area (Å²) in [5, 5.41) is 1.57. The average molecular weight is 268 g/mol. The highest BCUT2D eigenvalue weighted by atomic mass is 35.5. The predicted octanol–water partition coefficient (Wildman–Crippen LogP) is 2.80. The lowest BCUT2D eigenvalue weighted by atomic mass is 9.89. The Labute approximate surface area is 107 Å². The summed E-state index contributed by atoms with van der Waals surface area (Å²) in [5.74, 6) is 0.834. The van der Waals surface area contributed by atoms with Crippen LogP contribution in [0.2, 0.25) is 0 Å². The number of hydrogen-bond donors (Lipinski definition) is 0. The maximum Gasteiger partial charge on any atom is 0.328 e.